The highest BCUT2D eigenvalue weighted by Gasteiger charge is 2.16. The molecule has 0 fully saturated rings. The smallest absolute Gasteiger partial charge is 0.309 e. The summed E-state index contributed by atoms with van der Waals surface area (Å²) in [7, 11) is 0. The summed E-state index contributed by atoms with van der Waals surface area (Å²) in [6.07, 6.45) is 1.84. The van der Waals surface area contributed by atoms with E-state index >= 15 is 0 Å². The number of aliphatic carboxylic acids is 1. The summed E-state index contributed by atoms with van der Waals surface area (Å²) in [4.78, 5) is 26.6. The Labute approximate surface area is 127 Å². The summed E-state index contributed by atoms with van der Waals surface area (Å²) < 4.78 is 6.79. The van der Waals surface area contributed by atoms with Crippen molar-refractivity contribution in [3.05, 3.63) is 54.1 Å². The lowest BCUT2D eigenvalue weighted by Gasteiger charge is -2.15. The van der Waals surface area contributed by atoms with Crippen LogP contribution >= 0.6 is 0 Å². The van der Waals surface area contributed by atoms with E-state index in [2.05, 4.69) is 10.4 Å². The predicted octanol–water partition coefficient (Wildman–Crippen LogP) is 1.19. The molecule has 0 aliphatic rings. The number of hydrogen-bond acceptors (Lipinski definition) is 4. The van der Waals surface area contributed by atoms with Gasteiger partial charge in [0.25, 0.3) is 5.91 Å². The molecule has 0 aliphatic carbocycles. The number of amides is 1. The molecule has 116 valence electrons. The third kappa shape index (κ3) is 4.42. The number of nitrogens with zero attached hydrogens (tertiary/aromatic N) is 2. The Morgan fingerprint density at radius 1 is 1.36 bits per heavy atom. The highest BCUT2D eigenvalue weighted by atomic mass is 16.5. The third-order valence-corrected chi connectivity index (χ3v) is 2.99. The van der Waals surface area contributed by atoms with Crippen LogP contribution < -0.4 is 5.43 Å². The van der Waals surface area contributed by atoms with E-state index in [1.807, 2.05) is 30.3 Å². The molecule has 1 unspecified atom stereocenters. The molecule has 1 heterocycles. The summed E-state index contributed by atoms with van der Waals surface area (Å²) >= 11 is 0. The second kappa shape index (κ2) is 7.37. The van der Waals surface area contributed by atoms with Crippen LogP contribution in [0.15, 0.2) is 42.9 Å². The van der Waals surface area contributed by atoms with Crippen LogP contribution in [-0.2, 0) is 27.4 Å². The van der Waals surface area contributed by atoms with Gasteiger partial charge in [0.05, 0.1) is 24.9 Å². The highest BCUT2D eigenvalue weighted by Crippen LogP contribution is 2.04. The molecule has 1 atom stereocenters. The van der Waals surface area contributed by atoms with Gasteiger partial charge in [-0.3, -0.25) is 15.0 Å². The zero-order valence-corrected chi connectivity index (χ0v) is 12.1. The predicted molar refractivity (Wildman–Crippen MR) is 78.6 cm³/mol. The molecule has 0 spiro atoms. The molecule has 1 aromatic heterocycles. The number of benzene rings is 1. The van der Waals surface area contributed by atoms with Crippen molar-refractivity contribution in [2.45, 2.75) is 26.1 Å². The van der Waals surface area contributed by atoms with Crippen molar-refractivity contribution in [2.24, 2.45) is 0 Å². The minimum Gasteiger partial charge on any atom is -0.481 e. The van der Waals surface area contributed by atoms with Gasteiger partial charge in [-0.05, 0) is 12.5 Å². The molecule has 0 radical (unpaired) electrons. The quantitative estimate of drug-likeness (QED) is 0.801. The Morgan fingerprint density at radius 2 is 2.09 bits per heavy atom. The van der Waals surface area contributed by atoms with E-state index in [0.717, 1.165) is 5.56 Å². The first-order chi connectivity index (χ1) is 10.6. The summed E-state index contributed by atoms with van der Waals surface area (Å²) in [5, 5.41) is 8.78. The van der Waals surface area contributed by atoms with Gasteiger partial charge in [-0.2, -0.15) is 0 Å². The topological polar surface area (TPSA) is 93.5 Å². The second-order valence-corrected chi connectivity index (χ2v) is 4.74. The van der Waals surface area contributed by atoms with Crippen LogP contribution in [0.5, 0.6) is 0 Å². The Bertz CT molecular complexity index is 639. The van der Waals surface area contributed by atoms with E-state index < -0.39 is 12.1 Å². The summed E-state index contributed by atoms with van der Waals surface area (Å²) in [5.41, 5.74) is 3.91. The molecule has 22 heavy (non-hydrogen) atoms. The molecule has 2 aromatic rings. The van der Waals surface area contributed by atoms with E-state index in [9.17, 15) is 9.59 Å². The van der Waals surface area contributed by atoms with Crippen molar-refractivity contribution in [2.75, 3.05) is 5.43 Å². The number of carbonyl (C=O) groups is 2. The molecular formula is C15H17N3O4. The number of nitrogens with one attached hydrogen (secondary N) is 1. The number of carboxylic acids is 1. The molecule has 1 aromatic carbocycles. The second-order valence-electron chi connectivity index (χ2n) is 4.74. The number of carbonyl (C=O) groups excluding carboxylic acids is 1. The Kier molecular flexibility index (Phi) is 5.26. The van der Waals surface area contributed by atoms with Crippen molar-refractivity contribution in [3.8, 4) is 0 Å². The first-order valence-corrected chi connectivity index (χ1v) is 6.75. The lowest BCUT2D eigenvalue weighted by molar-refractivity contribution is -0.136. The Balaban J connectivity index is 1.89. The fraction of sp³-hybridized carbons (Fsp3) is 0.267. The lowest BCUT2D eigenvalue weighted by atomic mass is 10.2. The maximum Gasteiger partial charge on any atom is 0.309 e. The van der Waals surface area contributed by atoms with Crippen LogP contribution in [-0.4, -0.2) is 32.7 Å². The average Bonchev–Trinajstić information content (AvgIpc) is 2.92. The van der Waals surface area contributed by atoms with Gasteiger partial charge in [-0.15, -0.1) is 0 Å². The number of carboxylic acid groups (broad SMARTS) is 1. The first kappa shape index (κ1) is 15.7. The average molecular weight is 303 g/mol. The monoisotopic (exact) mass is 303 g/mol. The molecule has 0 bridgehead atoms. The van der Waals surface area contributed by atoms with Gasteiger partial charge in [-0.25, -0.2) is 9.66 Å². The zero-order chi connectivity index (χ0) is 15.9. The van der Waals surface area contributed by atoms with Crippen molar-refractivity contribution >= 4 is 11.9 Å². The first-order valence-electron chi connectivity index (χ1n) is 6.75. The van der Waals surface area contributed by atoms with Gasteiger partial charge in [0.15, 0.2) is 0 Å². The minimum atomic E-state index is -0.996. The van der Waals surface area contributed by atoms with Crippen LogP contribution in [0, 0.1) is 0 Å². The van der Waals surface area contributed by atoms with Crippen molar-refractivity contribution < 1.29 is 19.4 Å². The normalized spacial score (nSPS) is 11.9. The van der Waals surface area contributed by atoms with Crippen LogP contribution in [0.3, 0.4) is 0 Å². The maximum atomic E-state index is 12.0. The Morgan fingerprint density at radius 3 is 2.77 bits per heavy atom. The van der Waals surface area contributed by atoms with Gasteiger partial charge in [0.1, 0.15) is 12.4 Å². The van der Waals surface area contributed by atoms with Gasteiger partial charge in [-0.1, -0.05) is 30.3 Å². The third-order valence-electron chi connectivity index (χ3n) is 2.99. The minimum absolute atomic E-state index is 0.223. The molecule has 0 saturated heterocycles. The Hall–Kier alpha value is -2.67. The number of imidazole rings is 1. The largest absolute Gasteiger partial charge is 0.481 e. The van der Waals surface area contributed by atoms with Crippen LogP contribution in [0.4, 0.5) is 0 Å². The van der Waals surface area contributed by atoms with E-state index in [-0.39, 0.29) is 12.3 Å². The van der Waals surface area contributed by atoms with Crippen LogP contribution in [0.2, 0.25) is 0 Å². The van der Waals surface area contributed by atoms with Gasteiger partial charge < -0.3 is 9.84 Å². The number of hydrogen-bond donors (Lipinski definition) is 2. The van der Waals surface area contributed by atoms with Gasteiger partial charge >= 0.3 is 5.97 Å². The van der Waals surface area contributed by atoms with E-state index in [0.29, 0.717) is 12.3 Å². The van der Waals surface area contributed by atoms with Gasteiger partial charge in [0, 0.05) is 0 Å². The highest BCUT2D eigenvalue weighted by molar-refractivity contribution is 5.87. The molecule has 1 amide bonds. The van der Waals surface area contributed by atoms with Gasteiger partial charge in [0.2, 0.25) is 0 Å². The molecule has 7 nitrogen and oxygen atoms in total. The molecule has 7 heteroatoms. The standard InChI is InChI=1S/C15H17N3O4/c1-11(22-9-12-5-3-2-4-6-12)15(21)17-18-10-16-8-13(18)7-14(19)20/h2-6,8,10-11H,7,9H2,1H3,(H,17,21)(H,19,20). The van der Waals surface area contributed by atoms with Crippen LogP contribution in [0.25, 0.3) is 0 Å². The number of rotatable bonds is 7. The van der Waals surface area contributed by atoms with E-state index in [4.69, 9.17) is 9.84 Å². The molecule has 0 saturated carbocycles. The number of aromatic nitrogens is 2. The van der Waals surface area contributed by atoms with E-state index in [1.54, 1.807) is 6.92 Å². The zero-order valence-electron chi connectivity index (χ0n) is 12.1. The van der Waals surface area contributed by atoms with Crippen LogP contribution in [0.1, 0.15) is 18.2 Å². The maximum absolute atomic E-state index is 12.0. The molecule has 2 N–H and O–H groups in total. The number of ether oxygens (including phenoxy) is 1. The molecule has 0 aliphatic heterocycles. The fourth-order valence-electron chi connectivity index (χ4n) is 1.79. The fourth-order valence-corrected chi connectivity index (χ4v) is 1.79. The van der Waals surface area contributed by atoms with Crippen molar-refractivity contribution in [3.63, 3.8) is 0 Å². The van der Waals surface area contributed by atoms with Crippen molar-refractivity contribution in [1.29, 1.82) is 0 Å². The lowest BCUT2D eigenvalue weighted by Crippen LogP contribution is -2.34. The molecule has 2 rings (SSSR count). The summed E-state index contributed by atoms with van der Waals surface area (Å²) in [5.74, 6) is -1.37. The SMILES string of the molecule is CC(OCc1ccccc1)C(=O)Nn1cncc1CC(=O)O. The summed E-state index contributed by atoms with van der Waals surface area (Å²) in [6.45, 7) is 1.95. The van der Waals surface area contributed by atoms with Crippen molar-refractivity contribution in [1.82, 2.24) is 9.66 Å². The van der Waals surface area contributed by atoms with E-state index in [1.165, 1.54) is 17.2 Å². The summed E-state index contributed by atoms with van der Waals surface area (Å²) in [6, 6.07) is 9.51. The molecular weight excluding hydrogens is 286 g/mol.